The number of hydrogen-bond donors (Lipinski definition) is 1. The second kappa shape index (κ2) is 12.9. The van der Waals surface area contributed by atoms with Gasteiger partial charge in [-0.15, -0.1) is 0 Å². The van der Waals surface area contributed by atoms with Crippen molar-refractivity contribution in [1.29, 1.82) is 0 Å². The number of hydrogen-bond acceptors (Lipinski definition) is 7. The zero-order valence-corrected chi connectivity index (χ0v) is 25.7. The topological polar surface area (TPSA) is 83.1 Å². The van der Waals surface area contributed by atoms with Crippen molar-refractivity contribution in [3.8, 4) is 17.2 Å². The number of esters is 1. The van der Waals surface area contributed by atoms with Gasteiger partial charge in [0.1, 0.15) is 5.75 Å². The van der Waals surface area contributed by atoms with Gasteiger partial charge >= 0.3 is 5.97 Å². The second-order valence-corrected chi connectivity index (χ2v) is 11.3. The van der Waals surface area contributed by atoms with Crippen LogP contribution in [0.3, 0.4) is 0 Å². The molecule has 218 valence electrons. The highest BCUT2D eigenvalue weighted by molar-refractivity contribution is 9.10. The minimum Gasteiger partial charge on any atom is -0.496 e. The lowest BCUT2D eigenvalue weighted by Crippen LogP contribution is -2.36. The number of carbonyl (C=O) groups is 2. The summed E-state index contributed by atoms with van der Waals surface area (Å²) in [5.74, 6) is 0.649. The van der Waals surface area contributed by atoms with E-state index < -0.39 is 11.9 Å². The van der Waals surface area contributed by atoms with Crippen LogP contribution in [0.25, 0.3) is 0 Å². The molecule has 3 aromatic carbocycles. The lowest BCUT2D eigenvalue weighted by atomic mass is 9.71. The molecule has 42 heavy (non-hydrogen) atoms. The number of halogens is 1. The molecule has 0 amide bonds. The average molecular weight is 633 g/mol. The molecule has 1 heterocycles. The number of dihydropyridines is 1. The first-order valence-corrected chi connectivity index (χ1v) is 14.6. The molecule has 3 aromatic rings. The van der Waals surface area contributed by atoms with E-state index in [4.69, 9.17) is 18.9 Å². The van der Waals surface area contributed by atoms with Crippen LogP contribution >= 0.6 is 15.9 Å². The van der Waals surface area contributed by atoms with Crippen LogP contribution in [0.15, 0.2) is 93.7 Å². The van der Waals surface area contributed by atoms with Crippen molar-refractivity contribution in [2.24, 2.45) is 0 Å². The van der Waals surface area contributed by atoms with Gasteiger partial charge in [-0.05, 0) is 60.7 Å². The zero-order chi connectivity index (χ0) is 29.8. The van der Waals surface area contributed by atoms with Crippen LogP contribution in [0.2, 0.25) is 0 Å². The Bertz CT molecular complexity index is 1560. The van der Waals surface area contributed by atoms with Crippen molar-refractivity contribution >= 4 is 27.7 Å². The summed E-state index contributed by atoms with van der Waals surface area (Å²) in [4.78, 5) is 27.8. The van der Waals surface area contributed by atoms with Gasteiger partial charge in [0.15, 0.2) is 17.3 Å². The number of methoxy groups -OCH3 is 3. The summed E-state index contributed by atoms with van der Waals surface area (Å²) in [6, 6.07) is 21.3. The SMILES string of the molecule is COc1ccc(C2CC(=O)C3=C(C2)NC(C)=C(C(=O)OCCc2ccccc2)C3c2cc(Br)ccc2OC)cc1OC. The quantitative estimate of drug-likeness (QED) is 0.266. The average Bonchev–Trinajstić information content (AvgIpc) is 3.00. The van der Waals surface area contributed by atoms with E-state index in [9.17, 15) is 9.59 Å². The first-order chi connectivity index (χ1) is 20.3. The first kappa shape index (κ1) is 29.5. The summed E-state index contributed by atoms with van der Waals surface area (Å²) in [7, 11) is 4.79. The molecule has 1 aliphatic heterocycles. The molecule has 0 aromatic heterocycles. The maximum Gasteiger partial charge on any atom is 0.336 e. The Labute approximate surface area is 254 Å². The fourth-order valence-electron chi connectivity index (χ4n) is 5.88. The van der Waals surface area contributed by atoms with Gasteiger partial charge < -0.3 is 24.3 Å². The molecule has 0 bridgehead atoms. The summed E-state index contributed by atoms with van der Waals surface area (Å²) >= 11 is 3.57. The van der Waals surface area contributed by atoms with Gasteiger partial charge in [-0.25, -0.2) is 4.79 Å². The normalized spacial score (nSPS) is 18.3. The van der Waals surface area contributed by atoms with Gasteiger partial charge in [0, 0.05) is 39.8 Å². The van der Waals surface area contributed by atoms with E-state index in [1.54, 1.807) is 21.3 Å². The first-order valence-electron chi connectivity index (χ1n) is 13.8. The summed E-state index contributed by atoms with van der Waals surface area (Å²) in [5.41, 5.74) is 5.24. The monoisotopic (exact) mass is 631 g/mol. The third kappa shape index (κ3) is 5.95. The largest absolute Gasteiger partial charge is 0.496 e. The molecule has 0 radical (unpaired) electrons. The minimum atomic E-state index is -0.642. The van der Waals surface area contributed by atoms with E-state index in [2.05, 4.69) is 21.2 Å². The predicted octanol–water partition coefficient (Wildman–Crippen LogP) is 6.62. The van der Waals surface area contributed by atoms with Gasteiger partial charge in [-0.2, -0.15) is 0 Å². The highest BCUT2D eigenvalue weighted by Gasteiger charge is 2.42. The number of nitrogens with one attached hydrogen (secondary N) is 1. The number of benzene rings is 3. The number of carbonyl (C=O) groups excluding carboxylic acids is 2. The summed E-state index contributed by atoms with van der Waals surface area (Å²) in [5, 5.41) is 3.42. The second-order valence-electron chi connectivity index (χ2n) is 10.4. The molecule has 1 aliphatic carbocycles. The van der Waals surface area contributed by atoms with Gasteiger partial charge in [-0.1, -0.05) is 52.3 Å². The van der Waals surface area contributed by atoms with Crippen molar-refractivity contribution in [2.45, 2.75) is 38.0 Å². The smallest absolute Gasteiger partial charge is 0.336 e. The fraction of sp³-hybridized carbons (Fsp3) is 0.294. The molecule has 8 heteroatoms. The van der Waals surface area contributed by atoms with E-state index in [1.807, 2.05) is 73.7 Å². The van der Waals surface area contributed by atoms with E-state index >= 15 is 0 Å². The van der Waals surface area contributed by atoms with Crippen LogP contribution in [0.1, 0.15) is 48.3 Å². The van der Waals surface area contributed by atoms with E-state index in [0.29, 0.717) is 46.9 Å². The van der Waals surface area contributed by atoms with Crippen molar-refractivity contribution in [2.75, 3.05) is 27.9 Å². The molecule has 0 saturated heterocycles. The van der Waals surface area contributed by atoms with Crippen LogP contribution < -0.4 is 19.5 Å². The standard InChI is InChI=1S/C34H34BrNO6/c1-20-31(34(38)42-15-14-21-8-6-5-7-9-21)32(25-19-24(35)11-13-28(25)39-2)33-26(36-20)16-23(17-27(33)37)22-10-12-29(40-3)30(18-22)41-4/h5-13,18-19,23,32,36H,14-17H2,1-4H3. The van der Waals surface area contributed by atoms with Crippen LogP contribution in [0.5, 0.6) is 17.2 Å². The van der Waals surface area contributed by atoms with Crippen molar-refractivity contribution in [1.82, 2.24) is 5.32 Å². The van der Waals surface area contributed by atoms with Gasteiger partial charge in [0.05, 0.1) is 39.4 Å². The Morgan fingerprint density at radius 3 is 2.33 bits per heavy atom. The Hall–Kier alpha value is -4.04. The molecule has 7 nitrogen and oxygen atoms in total. The van der Waals surface area contributed by atoms with Crippen LogP contribution in [-0.4, -0.2) is 39.7 Å². The third-order valence-electron chi connectivity index (χ3n) is 7.90. The maximum absolute atomic E-state index is 14.1. The lowest BCUT2D eigenvalue weighted by molar-refractivity contribution is -0.139. The third-order valence-corrected chi connectivity index (χ3v) is 8.39. The summed E-state index contributed by atoms with van der Waals surface area (Å²) in [6.45, 7) is 2.09. The van der Waals surface area contributed by atoms with Gasteiger partial charge in [0.2, 0.25) is 0 Å². The zero-order valence-electron chi connectivity index (χ0n) is 24.2. The van der Waals surface area contributed by atoms with Crippen LogP contribution in [-0.2, 0) is 20.7 Å². The summed E-state index contributed by atoms with van der Waals surface area (Å²) in [6.07, 6.45) is 1.48. The number of ketones is 1. The number of ether oxygens (including phenoxy) is 4. The van der Waals surface area contributed by atoms with Crippen molar-refractivity contribution < 1.29 is 28.5 Å². The highest BCUT2D eigenvalue weighted by atomic mass is 79.9. The molecule has 5 rings (SSSR count). The molecule has 2 atom stereocenters. The number of rotatable bonds is 9. The van der Waals surface area contributed by atoms with Crippen molar-refractivity contribution in [3.63, 3.8) is 0 Å². The number of Topliss-reactive ketones (excluding diaryl/α,β-unsaturated/α-hetero) is 1. The Morgan fingerprint density at radius 2 is 1.62 bits per heavy atom. The molecule has 2 aliphatic rings. The van der Waals surface area contributed by atoms with Crippen LogP contribution in [0, 0.1) is 0 Å². The van der Waals surface area contributed by atoms with E-state index in [0.717, 1.165) is 26.9 Å². The minimum absolute atomic E-state index is 0.0300. The molecule has 0 spiro atoms. The molecular formula is C34H34BrNO6. The molecule has 1 N–H and O–H groups in total. The van der Waals surface area contributed by atoms with E-state index in [-0.39, 0.29) is 24.7 Å². The fourth-order valence-corrected chi connectivity index (χ4v) is 6.26. The molecule has 0 saturated carbocycles. The lowest BCUT2D eigenvalue weighted by Gasteiger charge is -2.37. The van der Waals surface area contributed by atoms with Gasteiger partial charge in [0.25, 0.3) is 0 Å². The van der Waals surface area contributed by atoms with E-state index in [1.165, 1.54) is 0 Å². The summed E-state index contributed by atoms with van der Waals surface area (Å²) < 4.78 is 23.3. The maximum atomic E-state index is 14.1. The molecule has 0 fully saturated rings. The number of allylic oxidation sites excluding steroid dienone is 3. The van der Waals surface area contributed by atoms with Crippen LogP contribution in [0.4, 0.5) is 0 Å². The molecule has 2 unspecified atom stereocenters. The van der Waals surface area contributed by atoms with Crippen molar-refractivity contribution in [3.05, 3.63) is 110 Å². The predicted molar refractivity (Wildman–Crippen MR) is 164 cm³/mol. The molecular weight excluding hydrogens is 598 g/mol. The Kier molecular flexibility index (Phi) is 9.02. The highest BCUT2D eigenvalue weighted by Crippen LogP contribution is 2.48. The Morgan fingerprint density at radius 1 is 0.905 bits per heavy atom. The van der Waals surface area contributed by atoms with Gasteiger partial charge in [-0.3, -0.25) is 4.79 Å². The Balaban J connectivity index is 1.51.